The fourth-order valence-electron chi connectivity index (χ4n) is 2.40. The van der Waals surface area contributed by atoms with Crippen LogP contribution in [0.4, 0.5) is 0 Å². The Balaban J connectivity index is 2.17. The van der Waals surface area contributed by atoms with Crippen molar-refractivity contribution in [2.75, 3.05) is 6.54 Å². The van der Waals surface area contributed by atoms with E-state index in [-0.39, 0.29) is 12.5 Å². The number of hydrogen-bond acceptors (Lipinski definition) is 4. The number of carboxylic acid groups (broad SMARTS) is 1. The quantitative estimate of drug-likeness (QED) is 0.819. The Kier molecular flexibility index (Phi) is 5.51. The van der Waals surface area contributed by atoms with Crippen molar-refractivity contribution in [1.29, 1.82) is 0 Å². The highest BCUT2D eigenvalue weighted by atomic mass is 16.5. The fourth-order valence-corrected chi connectivity index (χ4v) is 2.40. The SMILES string of the molecule is CCCC(CNC(=O)c1c(-c2ccccc2)noc1C)C(=O)O. The van der Waals surface area contributed by atoms with Gasteiger partial charge in [-0.25, -0.2) is 0 Å². The van der Waals surface area contributed by atoms with Crippen LogP contribution in [-0.2, 0) is 4.79 Å². The van der Waals surface area contributed by atoms with Crippen LogP contribution in [0.15, 0.2) is 34.9 Å². The number of nitrogens with one attached hydrogen (secondary N) is 1. The van der Waals surface area contributed by atoms with Crippen LogP contribution < -0.4 is 5.32 Å². The molecule has 1 aromatic heterocycles. The second kappa shape index (κ2) is 7.58. The van der Waals surface area contributed by atoms with Gasteiger partial charge >= 0.3 is 5.97 Å². The van der Waals surface area contributed by atoms with Gasteiger partial charge in [-0.05, 0) is 13.3 Å². The maximum absolute atomic E-state index is 12.4. The van der Waals surface area contributed by atoms with Gasteiger partial charge in [0.15, 0.2) is 0 Å². The molecule has 23 heavy (non-hydrogen) atoms. The van der Waals surface area contributed by atoms with Crippen molar-refractivity contribution in [3.8, 4) is 11.3 Å². The zero-order valence-corrected chi connectivity index (χ0v) is 13.2. The van der Waals surface area contributed by atoms with E-state index in [0.29, 0.717) is 23.4 Å². The van der Waals surface area contributed by atoms with E-state index in [9.17, 15) is 9.59 Å². The normalized spacial score (nSPS) is 11.9. The van der Waals surface area contributed by atoms with Crippen LogP contribution in [0, 0.1) is 12.8 Å². The zero-order chi connectivity index (χ0) is 16.8. The summed E-state index contributed by atoms with van der Waals surface area (Å²) in [7, 11) is 0. The van der Waals surface area contributed by atoms with Crippen LogP contribution >= 0.6 is 0 Å². The van der Waals surface area contributed by atoms with Crippen molar-refractivity contribution in [3.05, 3.63) is 41.7 Å². The van der Waals surface area contributed by atoms with Gasteiger partial charge in [0, 0.05) is 12.1 Å². The van der Waals surface area contributed by atoms with Crippen LogP contribution in [-0.4, -0.2) is 28.7 Å². The summed E-state index contributed by atoms with van der Waals surface area (Å²) in [6, 6.07) is 9.25. The van der Waals surface area contributed by atoms with E-state index in [1.165, 1.54) is 0 Å². The number of aryl methyl sites for hydroxylation is 1. The number of benzene rings is 1. The molecule has 1 amide bonds. The first-order chi connectivity index (χ1) is 11.0. The Hall–Kier alpha value is -2.63. The van der Waals surface area contributed by atoms with Crippen molar-refractivity contribution >= 4 is 11.9 Å². The lowest BCUT2D eigenvalue weighted by Gasteiger charge is -2.12. The van der Waals surface area contributed by atoms with Crippen molar-refractivity contribution in [3.63, 3.8) is 0 Å². The summed E-state index contributed by atoms with van der Waals surface area (Å²) < 4.78 is 5.15. The third kappa shape index (κ3) is 3.97. The van der Waals surface area contributed by atoms with Gasteiger partial charge in [0.25, 0.3) is 5.91 Å². The van der Waals surface area contributed by atoms with Crippen molar-refractivity contribution in [2.45, 2.75) is 26.7 Å². The first-order valence-corrected chi connectivity index (χ1v) is 7.57. The van der Waals surface area contributed by atoms with E-state index in [1.807, 2.05) is 37.3 Å². The minimum Gasteiger partial charge on any atom is -0.481 e. The van der Waals surface area contributed by atoms with Gasteiger partial charge in [-0.2, -0.15) is 0 Å². The highest BCUT2D eigenvalue weighted by Gasteiger charge is 2.23. The van der Waals surface area contributed by atoms with Gasteiger partial charge in [-0.3, -0.25) is 9.59 Å². The average molecular weight is 316 g/mol. The lowest BCUT2D eigenvalue weighted by Crippen LogP contribution is -2.33. The molecule has 0 saturated carbocycles. The Morgan fingerprint density at radius 2 is 2.00 bits per heavy atom. The second-order valence-corrected chi connectivity index (χ2v) is 5.36. The molecule has 1 aromatic carbocycles. The van der Waals surface area contributed by atoms with Gasteiger partial charge < -0.3 is 14.9 Å². The predicted molar refractivity (Wildman–Crippen MR) is 85.0 cm³/mol. The smallest absolute Gasteiger partial charge is 0.308 e. The zero-order valence-electron chi connectivity index (χ0n) is 13.2. The van der Waals surface area contributed by atoms with Crippen LogP contribution in [0.25, 0.3) is 11.3 Å². The summed E-state index contributed by atoms with van der Waals surface area (Å²) in [5.41, 5.74) is 1.58. The third-order valence-electron chi connectivity index (χ3n) is 3.63. The van der Waals surface area contributed by atoms with E-state index in [0.717, 1.165) is 12.0 Å². The summed E-state index contributed by atoms with van der Waals surface area (Å²) in [5.74, 6) is -1.46. The number of hydrogen-bond donors (Lipinski definition) is 2. The van der Waals surface area contributed by atoms with Crippen molar-refractivity contribution in [2.24, 2.45) is 5.92 Å². The molecule has 6 heteroatoms. The lowest BCUT2D eigenvalue weighted by atomic mass is 10.0. The highest BCUT2D eigenvalue weighted by molar-refractivity contribution is 6.00. The number of aliphatic carboxylic acids is 1. The van der Waals surface area contributed by atoms with E-state index >= 15 is 0 Å². The Morgan fingerprint density at radius 3 is 2.61 bits per heavy atom. The fraction of sp³-hybridized carbons (Fsp3) is 0.353. The summed E-state index contributed by atoms with van der Waals surface area (Å²) in [6.45, 7) is 3.66. The molecule has 1 atom stereocenters. The van der Waals surface area contributed by atoms with Crippen LogP contribution in [0.2, 0.25) is 0 Å². The number of carbonyl (C=O) groups is 2. The molecule has 0 aliphatic heterocycles. The predicted octanol–water partition coefficient (Wildman–Crippen LogP) is 2.88. The number of aromatic nitrogens is 1. The van der Waals surface area contributed by atoms with Crippen LogP contribution in [0.3, 0.4) is 0 Å². The van der Waals surface area contributed by atoms with Gasteiger partial charge in [-0.15, -0.1) is 0 Å². The molecule has 0 aliphatic carbocycles. The Labute approximate surface area is 134 Å². The standard InChI is InChI=1S/C17H20N2O4/c1-3-7-13(17(21)22)10-18-16(20)14-11(2)23-19-15(14)12-8-5-4-6-9-12/h4-6,8-9,13H,3,7,10H2,1-2H3,(H,18,20)(H,21,22). The highest BCUT2D eigenvalue weighted by Crippen LogP contribution is 2.24. The lowest BCUT2D eigenvalue weighted by molar-refractivity contribution is -0.141. The van der Waals surface area contributed by atoms with E-state index < -0.39 is 11.9 Å². The molecule has 6 nitrogen and oxygen atoms in total. The number of carboxylic acids is 1. The monoisotopic (exact) mass is 316 g/mol. The van der Waals surface area contributed by atoms with E-state index in [2.05, 4.69) is 10.5 Å². The molecule has 0 radical (unpaired) electrons. The maximum Gasteiger partial charge on any atom is 0.308 e. The molecule has 122 valence electrons. The molecule has 0 bridgehead atoms. The molecule has 2 rings (SSSR count). The number of amides is 1. The largest absolute Gasteiger partial charge is 0.481 e. The van der Waals surface area contributed by atoms with E-state index in [1.54, 1.807) is 6.92 Å². The van der Waals surface area contributed by atoms with Gasteiger partial charge in [0.05, 0.1) is 5.92 Å². The second-order valence-electron chi connectivity index (χ2n) is 5.36. The van der Waals surface area contributed by atoms with Crippen LogP contribution in [0.1, 0.15) is 35.9 Å². The molecule has 0 fully saturated rings. The molecule has 0 aliphatic rings. The molecular formula is C17H20N2O4. The number of carbonyl (C=O) groups excluding carboxylic acids is 1. The van der Waals surface area contributed by atoms with Crippen molar-refractivity contribution in [1.82, 2.24) is 10.5 Å². The van der Waals surface area contributed by atoms with Gasteiger partial charge in [0.1, 0.15) is 17.0 Å². The summed E-state index contributed by atoms with van der Waals surface area (Å²) in [6.07, 6.45) is 1.26. The van der Waals surface area contributed by atoms with E-state index in [4.69, 9.17) is 9.63 Å². The van der Waals surface area contributed by atoms with Gasteiger partial charge in [-0.1, -0.05) is 48.8 Å². The Bertz CT molecular complexity index is 679. The summed E-state index contributed by atoms with van der Waals surface area (Å²) in [4.78, 5) is 23.6. The molecule has 0 saturated heterocycles. The molecule has 0 spiro atoms. The Morgan fingerprint density at radius 1 is 1.30 bits per heavy atom. The maximum atomic E-state index is 12.4. The topological polar surface area (TPSA) is 92.4 Å². The van der Waals surface area contributed by atoms with Crippen LogP contribution in [0.5, 0.6) is 0 Å². The number of rotatable bonds is 7. The molecule has 2 N–H and O–H groups in total. The molecule has 2 aromatic rings. The van der Waals surface area contributed by atoms with Gasteiger partial charge in [0.2, 0.25) is 0 Å². The molecule has 1 heterocycles. The minimum absolute atomic E-state index is 0.0842. The average Bonchev–Trinajstić information content (AvgIpc) is 2.93. The summed E-state index contributed by atoms with van der Waals surface area (Å²) >= 11 is 0. The van der Waals surface area contributed by atoms with Crippen molar-refractivity contribution < 1.29 is 19.2 Å². The first kappa shape index (κ1) is 16.7. The number of nitrogens with zero attached hydrogens (tertiary/aromatic N) is 1. The molecular weight excluding hydrogens is 296 g/mol. The minimum atomic E-state index is -0.905. The third-order valence-corrected chi connectivity index (χ3v) is 3.63. The molecule has 1 unspecified atom stereocenters. The first-order valence-electron chi connectivity index (χ1n) is 7.57. The summed E-state index contributed by atoms with van der Waals surface area (Å²) in [5, 5.41) is 15.8.